The number of carbonyl (C=O) groups excluding carboxylic acids is 1. The summed E-state index contributed by atoms with van der Waals surface area (Å²) in [6.45, 7) is 4.53. The molecule has 2 heterocycles. The van der Waals surface area contributed by atoms with Gasteiger partial charge in [0.15, 0.2) is 0 Å². The van der Waals surface area contributed by atoms with Crippen molar-refractivity contribution in [3.8, 4) is 11.5 Å². The fraction of sp³-hybridized carbons (Fsp3) is 0.480. The lowest BCUT2D eigenvalue weighted by molar-refractivity contribution is 0.0944. The van der Waals surface area contributed by atoms with E-state index in [9.17, 15) is 4.79 Å². The second-order valence-electron chi connectivity index (χ2n) is 8.41. The zero-order chi connectivity index (χ0) is 21.6. The van der Waals surface area contributed by atoms with Gasteiger partial charge < -0.3 is 25.0 Å². The maximum atomic E-state index is 12.7. The number of nitrogens with one attached hydrogen (secondary N) is 2. The first-order chi connectivity index (χ1) is 15.2. The molecule has 4 rings (SSSR count). The first-order valence-electron chi connectivity index (χ1n) is 11.3. The van der Waals surface area contributed by atoms with Crippen LogP contribution in [-0.4, -0.2) is 46.3 Å². The number of fused-ring (bicyclic) bond motifs is 1. The van der Waals surface area contributed by atoms with E-state index < -0.39 is 0 Å². The summed E-state index contributed by atoms with van der Waals surface area (Å²) >= 11 is 0. The van der Waals surface area contributed by atoms with Crippen LogP contribution in [0.15, 0.2) is 36.4 Å². The topological polar surface area (TPSA) is 62.8 Å². The Morgan fingerprint density at radius 3 is 2.58 bits per heavy atom. The van der Waals surface area contributed by atoms with Crippen molar-refractivity contribution in [2.24, 2.45) is 5.92 Å². The van der Waals surface area contributed by atoms with Gasteiger partial charge in [0, 0.05) is 24.3 Å². The monoisotopic (exact) mass is 423 g/mol. The van der Waals surface area contributed by atoms with Crippen LogP contribution < -0.4 is 25.0 Å². The molecule has 166 valence electrons. The van der Waals surface area contributed by atoms with Crippen LogP contribution in [-0.2, 0) is 13.0 Å². The van der Waals surface area contributed by atoms with Crippen LogP contribution in [0.3, 0.4) is 0 Å². The van der Waals surface area contributed by atoms with E-state index in [1.165, 1.54) is 11.3 Å². The summed E-state index contributed by atoms with van der Waals surface area (Å²) in [5.74, 6) is 2.28. The molecule has 0 saturated carbocycles. The molecule has 6 nitrogen and oxygen atoms in total. The average Bonchev–Trinajstić information content (AvgIpc) is 2.83. The van der Waals surface area contributed by atoms with E-state index in [2.05, 4.69) is 27.7 Å². The van der Waals surface area contributed by atoms with Gasteiger partial charge in [-0.1, -0.05) is 6.07 Å². The minimum Gasteiger partial charge on any atom is -0.496 e. The fourth-order valence-electron chi connectivity index (χ4n) is 4.68. The quantitative estimate of drug-likeness (QED) is 0.715. The van der Waals surface area contributed by atoms with Gasteiger partial charge in [0.05, 0.1) is 26.3 Å². The van der Waals surface area contributed by atoms with Crippen LogP contribution >= 0.6 is 0 Å². The van der Waals surface area contributed by atoms with Gasteiger partial charge in [-0.25, -0.2) is 0 Å². The lowest BCUT2D eigenvalue weighted by atomic mass is 9.97. The Morgan fingerprint density at radius 2 is 1.87 bits per heavy atom. The number of anilines is 1. The molecule has 0 atom stereocenters. The van der Waals surface area contributed by atoms with Gasteiger partial charge in [-0.2, -0.15) is 0 Å². The van der Waals surface area contributed by atoms with Crippen molar-refractivity contribution in [3.63, 3.8) is 0 Å². The molecule has 0 unspecified atom stereocenters. The maximum absolute atomic E-state index is 12.7. The Bertz CT molecular complexity index is 887. The summed E-state index contributed by atoms with van der Waals surface area (Å²) in [4.78, 5) is 15.1. The predicted octanol–water partition coefficient (Wildman–Crippen LogP) is 3.39. The number of aryl methyl sites for hydroxylation is 1. The molecule has 0 aliphatic carbocycles. The number of rotatable bonds is 7. The van der Waals surface area contributed by atoms with Gasteiger partial charge in [-0.05, 0) is 80.6 Å². The molecular formula is C25H33N3O3. The van der Waals surface area contributed by atoms with Gasteiger partial charge in [0.25, 0.3) is 5.91 Å². The molecule has 0 spiro atoms. The van der Waals surface area contributed by atoms with Crippen molar-refractivity contribution in [1.29, 1.82) is 0 Å². The third kappa shape index (κ3) is 4.96. The third-order valence-corrected chi connectivity index (χ3v) is 6.45. The lowest BCUT2D eigenvalue weighted by Gasteiger charge is -2.32. The molecule has 1 saturated heterocycles. The smallest absolute Gasteiger partial charge is 0.251 e. The lowest BCUT2D eigenvalue weighted by Crippen LogP contribution is -2.36. The Balaban J connectivity index is 1.48. The van der Waals surface area contributed by atoms with Crippen molar-refractivity contribution in [2.75, 3.05) is 45.3 Å². The highest BCUT2D eigenvalue weighted by molar-refractivity contribution is 5.95. The zero-order valence-electron chi connectivity index (χ0n) is 18.6. The van der Waals surface area contributed by atoms with E-state index in [4.69, 9.17) is 9.47 Å². The van der Waals surface area contributed by atoms with E-state index in [0.29, 0.717) is 12.5 Å². The Labute approximate surface area is 184 Å². The highest BCUT2D eigenvalue weighted by Gasteiger charge is 2.22. The van der Waals surface area contributed by atoms with Crippen LogP contribution in [0.5, 0.6) is 11.5 Å². The fourth-order valence-corrected chi connectivity index (χ4v) is 4.68. The summed E-state index contributed by atoms with van der Waals surface area (Å²) in [6, 6.07) is 12.0. The van der Waals surface area contributed by atoms with E-state index in [1.54, 1.807) is 14.2 Å². The number of ether oxygens (including phenoxy) is 2. The molecule has 2 N–H and O–H groups in total. The molecule has 0 aromatic heterocycles. The molecule has 6 heteroatoms. The number of hydrogen-bond donors (Lipinski definition) is 2. The highest BCUT2D eigenvalue weighted by Crippen LogP contribution is 2.34. The molecule has 1 fully saturated rings. The number of amides is 1. The molecule has 2 aliphatic heterocycles. The Hall–Kier alpha value is -2.73. The number of methoxy groups -OCH3 is 2. The van der Waals surface area contributed by atoms with Crippen LogP contribution in [0, 0.1) is 5.92 Å². The number of hydrogen-bond acceptors (Lipinski definition) is 5. The summed E-state index contributed by atoms with van der Waals surface area (Å²) in [5, 5.41) is 6.51. The number of piperidine rings is 1. The number of nitrogens with zero attached hydrogens (tertiary/aromatic N) is 1. The summed E-state index contributed by atoms with van der Waals surface area (Å²) in [6.07, 6.45) is 4.31. The molecule has 2 aromatic carbocycles. The average molecular weight is 424 g/mol. The predicted molar refractivity (Wildman–Crippen MR) is 123 cm³/mol. The first-order valence-corrected chi connectivity index (χ1v) is 11.3. The third-order valence-electron chi connectivity index (χ3n) is 6.45. The van der Waals surface area contributed by atoms with Gasteiger partial charge >= 0.3 is 0 Å². The van der Waals surface area contributed by atoms with Crippen LogP contribution in [0.1, 0.15) is 40.7 Å². The van der Waals surface area contributed by atoms with Crippen molar-refractivity contribution in [1.82, 2.24) is 10.6 Å². The van der Waals surface area contributed by atoms with Gasteiger partial charge in [0.1, 0.15) is 11.5 Å². The second kappa shape index (κ2) is 10.1. The molecule has 2 aliphatic rings. The minimum atomic E-state index is 0.0323. The molecule has 31 heavy (non-hydrogen) atoms. The first kappa shape index (κ1) is 21.5. The van der Waals surface area contributed by atoms with Gasteiger partial charge in [-0.15, -0.1) is 0 Å². The van der Waals surface area contributed by atoms with E-state index in [-0.39, 0.29) is 5.91 Å². The normalized spacial score (nSPS) is 16.5. The van der Waals surface area contributed by atoms with Crippen LogP contribution in [0.2, 0.25) is 0 Å². The summed E-state index contributed by atoms with van der Waals surface area (Å²) < 4.78 is 11.2. The van der Waals surface area contributed by atoms with E-state index in [1.807, 2.05) is 24.3 Å². The van der Waals surface area contributed by atoms with Gasteiger partial charge in [-0.3, -0.25) is 4.79 Å². The Kier molecular flexibility index (Phi) is 6.97. The number of carbonyl (C=O) groups is 1. The Morgan fingerprint density at radius 1 is 1.13 bits per heavy atom. The van der Waals surface area contributed by atoms with Crippen molar-refractivity contribution >= 4 is 11.6 Å². The summed E-state index contributed by atoms with van der Waals surface area (Å²) in [5.41, 5.74) is 4.22. The SMILES string of the molecule is COc1cccc(OC)c1CN1CCCc2cc(C(=O)NCC3CCNCC3)ccc21. The molecule has 0 radical (unpaired) electrons. The molecule has 1 amide bonds. The minimum absolute atomic E-state index is 0.0323. The standard InChI is InChI=1S/C25H33N3O3/c1-30-23-6-3-7-24(31-2)21(23)17-28-14-4-5-19-15-20(8-9-22(19)28)25(29)27-16-18-10-12-26-13-11-18/h3,6-9,15,18,26H,4-5,10-14,16-17H2,1-2H3,(H,27,29). The van der Waals surface area contributed by atoms with Crippen LogP contribution in [0.25, 0.3) is 0 Å². The molecule has 0 bridgehead atoms. The molecule has 2 aromatic rings. The largest absolute Gasteiger partial charge is 0.496 e. The summed E-state index contributed by atoms with van der Waals surface area (Å²) in [7, 11) is 3.38. The van der Waals surface area contributed by atoms with Crippen molar-refractivity contribution in [2.45, 2.75) is 32.2 Å². The molecular weight excluding hydrogens is 390 g/mol. The van der Waals surface area contributed by atoms with Gasteiger partial charge in [0.2, 0.25) is 0 Å². The maximum Gasteiger partial charge on any atom is 0.251 e. The second-order valence-corrected chi connectivity index (χ2v) is 8.41. The van der Waals surface area contributed by atoms with Crippen LogP contribution in [0.4, 0.5) is 5.69 Å². The zero-order valence-corrected chi connectivity index (χ0v) is 18.6. The van der Waals surface area contributed by atoms with E-state index >= 15 is 0 Å². The highest BCUT2D eigenvalue weighted by atomic mass is 16.5. The van der Waals surface area contributed by atoms with Crippen molar-refractivity contribution < 1.29 is 14.3 Å². The van der Waals surface area contributed by atoms with E-state index in [0.717, 1.165) is 74.5 Å². The number of benzene rings is 2. The van der Waals surface area contributed by atoms with Crippen molar-refractivity contribution in [3.05, 3.63) is 53.1 Å².